The maximum Gasteiger partial charge on any atom is 0.127 e. The number of halogens is 1. The Bertz CT molecular complexity index is 902. The number of benzene rings is 3. The van der Waals surface area contributed by atoms with Crippen molar-refractivity contribution in [2.24, 2.45) is 0 Å². The fourth-order valence-corrected chi connectivity index (χ4v) is 4.11. The van der Waals surface area contributed by atoms with Gasteiger partial charge in [-0.1, -0.05) is 54.6 Å². The van der Waals surface area contributed by atoms with Crippen LogP contribution in [0, 0.1) is 12.7 Å². The quantitative estimate of drug-likeness (QED) is 0.578. The Morgan fingerprint density at radius 3 is 2.03 bits per heavy atom. The first-order chi connectivity index (χ1) is 14.2. The predicted octanol–water partition coefficient (Wildman–Crippen LogP) is 5.16. The van der Waals surface area contributed by atoms with Crippen LogP contribution in [0.2, 0.25) is 0 Å². The van der Waals surface area contributed by atoms with Crippen LogP contribution in [0.25, 0.3) is 0 Å². The topological polar surface area (TPSA) is 15.7 Å². The lowest BCUT2D eigenvalue weighted by Gasteiger charge is -2.31. The van der Waals surface area contributed by atoms with E-state index in [1.165, 1.54) is 16.7 Å². The van der Waals surface area contributed by atoms with Gasteiger partial charge in [-0.05, 0) is 41.8 Å². The summed E-state index contributed by atoms with van der Waals surface area (Å²) in [6.45, 7) is 5.46. The fraction of sp³-hybridized carbons (Fsp3) is 0.280. The summed E-state index contributed by atoms with van der Waals surface area (Å²) in [5, 5.41) is 0. The van der Waals surface area contributed by atoms with E-state index < -0.39 is 0 Å². The first kappa shape index (κ1) is 19.6. The van der Waals surface area contributed by atoms with E-state index in [0.717, 1.165) is 30.9 Å². The molecule has 0 spiro atoms. The van der Waals surface area contributed by atoms with E-state index in [9.17, 15) is 4.39 Å². The molecular formula is C25H27FN2O. The van der Waals surface area contributed by atoms with E-state index in [1.807, 2.05) is 24.3 Å². The highest BCUT2D eigenvalue weighted by molar-refractivity contribution is 5.31. The molecule has 4 rings (SSSR count). The van der Waals surface area contributed by atoms with Crippen molar-refractivity contribution < 1.29 is 9.13 Å². The maximum absolute atomic E-state index is 14.3. The van der Waals surface area contributed by atoms with Gasteiger partial charge in [0.05, 0.1) is 13.3 Å². The molecule has 0 N–H and O–H groups in total. The van der Waals surface area contributed by atoms with Gasteiger partial charge in [0.1, 0.15) is 11.6 Å². The molecule has 3 aromatic rings. The number of ether oxygens (including phenoxy) is 1. The van der Waals surface area contributed by atoms with Crippen LogP contribution in [0.15, 0.2) is 72.8 Å². The molecule has 1 aliphatic heterocycles. The van der Waals surface area contributed by atoms with E-state index >= 15 is 0 Å². The Morgan fingerprint density at radius 1 is 0.828 bits per heavy atom. The van der Waals surface area contributed by atoms with Gasteiger partial charge >= 0.3 is 0 Å². The minimum Gasteiger partial charge on any atom is -0.497 e. The molecule has 1 atom stereocenters. The first-order valence-corrected chi connectivity index (χ1v) is 10.1. The van der Waals surface area contributed by atoms with Crippen LogP contribution >= 0.6 is 0 Å². The third-order valence-corrected chi connectivity index (χ3v) is 5.75. The van der Waals surface area contributed by atoms with Crippen LogP contribution in [-0.2, 0) is 13.1 Å². The number of nitrogens with zero attached hydrogens (tertiary/aromatic N) is 2. The predicted molar refractivity (Wildman–Crippen MR) is 114 cm³/mol. The van der Waals surface area contributed by atoms with E-state index in [1.54, 1.807) is 19.2 Å². The van der Waals surface area contributed by atoms with Gasteiger partial charge in [0, 0.05) is 31.7 Å². The molecule has 0 aliphatic carbocycles. The molecule has 1 fully saturated rings. The van der Waals surface area contributed by atoms with E-state index in [0.29, 0.717) is 6.54 Å². The molecule has 0 bridgehead atoms. The second-order valence-corrected chi connectivity index (χ2v) is 7.61. The van der Waals surface area contributed by atoms with Crippen molar-refractivity contribution in [3.8, 4) is 5.75 Å². The van der Waals surface area contributed by atoms with E-state index in [-0.39, 0.29) is 12.0 Å². The highest BCUT2D eigenvalue weighted by atomic mass is 19.1. The first-order valence-electron chi connectivity index (χ1n) is 10.1. The molecule has 29 heavy (non-hydrogen) atoms. The fourth-order valence-electron chi connectivity index (χ4n) is 4.11. The lowest BCUT2D eigenvalue weighted by atomic mass is 10.1. The van der Waals surface area contributed by atoms with Gasteiger partial charge < -0.3 is 4.74 Å². The second-order valence-electron chi connectivity index (χ2n) is 7.61. The minimum atomic E-state index is -0.140. The smallest absolute Gasteiger partial charge is 0.127 e. The Hall–Kier alpha value is -2.69. The molecule has 1 saturated heterocycles. The van der Waals surface area contributed by atoms with Crippen LogP contribution < -0.4 is 4.74 Å². The summed E-state index contributed by atoms with van der Waals surface area (Å²) in [7, 11) is 1.68. The average molecular weight is 391 g/mol. The van der Waals surface area contributed by atoms with Crippen molar-refractivity contribution in [2.75, 3.05) is 20.2 Å². The van der Waals surface area contributed by atoms with Crippen molar-refractivity contribution in [2.45, 2.75) is 26.2 Å². The van der Waals surface area contributed by atoms with Crippen molar-refractivity contribution in [1.82, 2.24) is 9.80 Å². The lowest BCUT2D eigenvalue weighted by molar-refractivity contribution is 0.124. The van der Waals surface area contributed by atoms with Crippen molar-refractivity contribution >= 4 is 0 Å². The molecule has 3 aromatic carbocycles. The van der Waals surface area contributed by atoms with E-state index in [2.05, 4.69) is 53.1 Å². The normalized spacial score (nSPS) is 17.6. The summed E-state index contributed by atoms with van der Waals surface area (Å²) >= 11 is 0. The van der Waals surface area contributed by atoms with Crippen molar-refractivity contribution in [1.29, 1.82) is 0 Å². The summed E-state index contributed by atoms with van der Waals surface area (Å²) in [6, 6.07) is 23.8. The number of aryl methyl sites for hydroxylation is 1. The van der Waals surface area contributed by atoms with Crippen LogP contribution in [0.3, 0.4) is 0 Å². The van der Waals surface area contributed by atoms with Crippen LogP contribution in [0.1, 0.15) is 28.4 Å². The molecule has 150 valence electrons. The number of hydrogen-bond donors (Lipinski definition) is 0. The van der Waals surface area contributed by atoms with Gasteiger partial charge in [-0.15, -0.1) is 0 Å². The Morgan fingerprint density at radius 2 is 1.41 bits per heavy atom. The zero-order valence-electron chi connectivity index (χ0n) is 17.0. The van der Waals surface area contributed by atoms with Gasteiger partial charge in [0.25, 0.3) is 0 Å². The molecule has 1 unspecified atom stereocenters. The van der Waals surface area contributed by atoms with Gasteiger partial charge in [0.15, 0.2) is 0 Å². The summed E-state index contributed by atoms with van der Waals surface area (Å²) < 4.78 is 19.6. The number of rotatable bonds is 6. The second kappa shape index (κ2) is 8.76. The number of hydrogen-bond acceptors (Lipinski definition) is 3. The highest BCUT2D eigenvalue weighted by Gasteiger charge is 2.33. The maximum atomic E-state index is 14.3. The van der Waals surface area contributed by atoms with Crippen molar-refractivity contribution in [3.05, 3.63) is 101 Å². The molecular weight excluding hydrogens is 363 g/mol. The van der Waals surface area contributed by atoms with Crippen LogP contribution in [-0.4, -0.2) is 30.0 Å². The minimum absolute atomic E-state index is 0.0973. The Kier molecular flexibility index (Phi) is 5.93. The molecule has 0 radical (unpaired) electrons. The SMILES string of the molecule is COc1ccc(C2N(Cc3ccccc3C)CCN2Cc2ccccc2F)cc1. The molecule has 1 heterocycles. The molecule has 0 amide bonds. The summed E-state index contributed by atoms with van der Waals surface area (Å²) in [5.41, 5.74) is 4.57. The monoisotopic (exact) mass is 390 g/mol. The van der Waals surface area contributed by atoms with Gasteiger partial charge in [-0.25, -0.2) is 4.39 Å². The van der Waals surface area contributed by atoms with Gasteiger partial charge in [0.2, 0.25) is 0 Å². The Labute approximate surface area is 172 Å². The van der Waals surface area contributed by atoms with Gasteiger partial charge in [-0.2, -0.15) is 0 Å². The average Bonchev–Trinajstić information content (AvgIpc) is 3.13. The van der Waals surface area contributed by atoms with Crippen LogP contribution in [0.5, 0.6) is 5.75 Å². The zero-order chi connectivity index (χ0) is 20.2. The van der Waals surface area contributed by atoms with E-state index in [4.69, 9.17) is 4.74 Å². The molecule has 4 heteroatoms. The molecule has 1 aliphatic rings. The standard InChI is InChI=1S/C25H27FN2O/c1-19-7-3-4-8-21(19)17-27-15-16-28(18-22-9-5-6-10-24(22)26)25(27)20-11-13-23(29-2)14-12-20/h3-14,25H,15-18H2,1-2H3. The highest BCUT2D eigenvalue weighted by Crippen LogP contribution is 2.34. The molecule has 0 aromatic heterocycles. The summed E-state index contributed by atoms with van der Waals surface area (Å²) in [5.74, 6) is 0.705. The zero-order valence-corrected chi connectivity index (χ0v) is 17.0. The largest absolute Gasteiger partial charge is 0.497 e. The Balaban J connectivity index is 1.63. The van der Waals surface area contributed by atoms with Crippen molar-refractivity contribution in [3.63, 3.8) is 0 Å². The molecule has 3 nitrogen and oxygen atoms in total. The lowest BCUT2D eigenvalue weighted by Crippen LogP contribution is -2.31. The number of methoxy groups -OCH3 is 1. The summed E-state index contributed by atoms with van der Waals surface area (Å²) in [4.78, 5) is 4.84. The summed E-state index contributed by atoms with van der Waals surface area (Å²) in [6.07, 6.45) is 0.0973. The van der Waals surface area contributed by atoms with Crippen LogP contribution in [0.4, 0.5) is 4.39 Å². The third-order valence-electron chi connectivity index (χ3n) is 5.75. The molecule has 0 saturated carbocycles. The van der Waals surface area contributed by atoms with Gasteiger partial charge in [-0.3, -0.25) is 9.80 Å². The third kappa shape index (κ3) is 4.34.